The van der Waals surface area contributed by atoms with Gasteiger partial charge in [-0.3, -0.25) is 4.79 Å². The van der Waals surface area contributed by atoms with Crippen molar-refractivity contribution in [2.75, 3.05) is 11.6 Å². The van der Waals surface area contributed by atoms with Crippen LogP contribution in [0.15, 0.2) is 41.3 Å². The number of carbonyl (C=O) groups excluding carboxylic acids is 2. The smallest absolute Gasteiger partial charge is 0.340 e. The van der Waals surface area contributed by atoms with E-state index in [4.69, 9.17) is 39.5 Å². The highest BCUT2D eigenvalue weighted by molar-refractivity contribution is 7.90. The highest BCUT2D eigenvalue weighted by atomic mass is 35.5. The maximum absolute atomic E-state index is 12.3. The minimum atomic E-state index is -3.54. The van der Waals surface area contributed by atoms with Crippen LogP contribution in [0, 0.1) is 0 Å². The van der Waals surface area contributed by atoms with Crippen LogP contribution in [0.4, 0.5) is 5.69 Å². The van der Waals surface area contributed by atoms with Crippen LogP contribution in [0.1, 0.15) is 17.3 Å². The topological polar surface area (TPSA) is 89.5 Å². The number of carbonyl (C=O) groups is 2. The number of hydrogen-bond acceptors (Lipinski definition) is 5. The maximum Gasteiger partial charge on any atom is 0.340 e. The summed E-state index contributed by atoms with van der Waals surface area (Å²) in [7, 11) is -3.54. The zero-order chi connectivity index (χ0) is 20.4. The van der Waals surface area contributed by atoms with Gasteiger partial charge in [-0.25, -0.2) is 13.2 Å². The van der Waals surface area contributed by atoms with Crippen molar-refractivity contribution in [3.8, 4) is 0 Å². The summed E-state index contributed by atoms with van der Waals surface area (Å²) >= 11 is 17.8. The van der Waals surface area contributed by atoms with Crippen molar-refractivity contribution in [2.24, 2.45) is 0 Å². The zero-order valence-electron chi connectivity index (χ0n) is 14.1. The van der Waals surface area contributed by atoms with Gasteiger partial charge in [0.2, 0.25) is 0 Å². The molecule has 10 heteroatoms. The first-order chi connectivity index (χ1) is 12.5. The van der Waals surface area contributed by atoms with E-state index in [9.17, 15) is 18.0 Å². The van der Waals surface area contributed by atoms with Gasteiger partial charge in [-0.05, 0) is 37.3 Å². The number of amides is 1. The lowest BCUT2D eigenvalue weighted by molar-refractivity contribution is -0.123. The molecule has 2 aromatic rings. The monoisotopic (exact) mass is 449 g/mol. The van der Waals surface area contributed by atoms with Gasteiger partial charge in [-0.2, -0.15) is 0 Å². The van der Waals surface area contributed by atoms with Gasteiger partial charge in [0.25, 0.3) is 5.91 Å². The van der Waals surface area contributed by atoms with Crippen molar-refractivity contribution in [1.82, 2.24) is 0 Å². The number of nitrogens with one attached hydrogen (secondary N) is 1. The lowest BCUT2D eigenvalue weighted by Gasteiger charge is -2.15. The van der Waals surface area contributed by atoms with Crippen molar-refractivity contribution in [1.29, 1.82) is 0 Å². The van der Waals surface area contributed by atoms with Gasteiger partial charge < -0.3 is 10.1 Å². The fourth-order valence-corrected chi connectivity index (χ4v) is 3.19. The molecule has 0 aliphatic carbocycles. The molecule has 2 aromatic carbocycles. The molecule has 27 heavy (non-hydrogen) atoms. The van der Waals surface area contributed by atoms with E-state index in [1.54, 1.807) is 12.1 Å². The summed E-state index contributed by atoms with van der Waals surface area (Å²) < 4.78 is 28.3. The molecule has 0 spiro atoms. The van der Waals surface area contributed by atoms with Crippen LogP contribution >= 0.6 is 34.8 Å². The summed E-state index contributed by atoms with van der Waals surface area (Å²) in [6.07, 6.45) is -0.207. The van der Waals surface area contributed by atoms with E-state index < -0.39 is 27.8 Å². The third-order valence-electron chi connectivity index (χ3n) is 3.45. The second kappa shape index (κ2) is 8.48. The molecule has 0 saturated carbocycles. The molecule has 2 rings (SSSR count). The summed E-state index contributed by atoms with van der Waals surface area (Å²) in [4.78, 5) is 24.4. The van der Waals surface area contributed by atoms with E-state index in [1.165, 1.54) is 25.1 Å². The Hall–Kier alpha value is -1.80. The molecule has 0 radical (unpaired) electrons. The molecule has 1 amide bonds. The summed E-state index contributed by atoms with van der Waals surface area (Å²) in [5.41, 5.74) is 0.0919. The normalized spacial score (nSPS) is 12.3. The van der Waals surface area contributed by atoms with E-state index >= 15 is 0 Å². The average molecular weight is 451 g/mol. The molecule has 0 heterocycles. The van der Waals surface area contributed by atoms with Crippen molar-refractivity contribution in [3.05, 3.63) is 57.0 Å². The maximum atomic E-state index is 12.3. The van der Waals surface area contributed by atoms with Gasteiger partial charge >= 0.3 is 5.97 Å². The van der Waals surface area contributed by atoms with E-state index in [0.717, 1.165) is 12.3 Å². The number of esters is 1. The minimum Gasteiger partial charge on any atom is -0.449 e. The van der Waals surface area contributed by atoms with E-state index in [1.807, 2.05) is 0 Å². The van der Waals surface area contributed by atoms with E-state index in [-0.39, 0.29) is 31.2 Å². The molecule has 144 valence electrons. The number of ether oxygens (including phenoxy) is 1. The molecule has 1 unspecified atom stereocenters. The van der Waals surface area contributed by atoms with E-state index in [2.05, 4.69) is 5.32 Å². The number of benzene rings is 2. The van der Waals surface area contributed by atoms with Gasteiger partial charge in [0.05, 0.1) is 31.2 Å². The largest absolute Gasteiger partial charge is 0.449 e. The summed E-state index contributed by atoms with van der Waals surface area (Å²) in [5.74, 6) is -1.59. The predicted molar refractivity (Wildman–Crippen MR) is 105 cm³/mol. The van der Waals surface area contributed by atoms with Crippen LogP contribution in [0.25, 0.3) is 0 Å². The second-order valence-corrected chi connectivity index (χ2v) is 8.76. The highest BCUT2D eigenvalue weighted by Gasteiger charge is 2.23. The van der Waals surface area contributed by atoms with Crippen LogP contribution in [0.3, 0.4) is 0 Å². The van der Waals surface area contributed by atoms with Crippen LogP contribution in [0.5, 0.6) is 0 Å². The molecule has 0 bridgehead atoms. The summed E-state index contributed by atoms with van der Waals surface area (Å²) in [6.45, 7) is 1.35. The van der Waals surface area contributed by atoms with E-state index in [0.29, 0.717) is 0 Å². The summed E-state index contributed by atoms with van der Waals surface area (Å²) in [5, 5.41) is 2.90. The Morgan fingerprint density at radius 1 is 1.07 bits per heavy atom. The third-order valence-corrected chi connectivity index (χ3v) is 5.71. The van der Waals surface area contributed by atoms with Crippen LogP contribution < -0.4 is 5.32 Å². The molecule has 0 saturated heterocycles. The number of hydrogen-bond donors (Lipinski definition) is 1. The Bertz CT molecular complexity index is 1010. The summed E-state index contributed by atoms with van der Waals surface area (Å²) in [6, 6.07) is 8.32. The fraction of sp³-hybridized carbons (Fsp3) is 0.176. The molecular weight excluding hydrogens is 437 g/mol. The Morgan fingerprint density at radius 3 is 2.37 bits per heavy atom. The number of sulfone groups is 1. The van der Waals surface area contributed by atoms with Gasteiger partial charge in [-0.1, -0.05) is 40.9 Å². The molecule has 0 fully saturated rings. The molecular formula is C17H14Cl3NO5S. The fourth-order valence-electron chi connectivity index (χ4n) is 2.00. The molecule has 1 atom stereocenters. The lowest BCUT2D eigenvalue weighted by atomic mass is 10.2. The first-order valence-corrected chi connectivity index (χ1v) is 10.5. The lowest BCUT2D eigenvalue weighted by Crippen LogP contribution is -2.30. The second-order valence-electron chi connectivity index (χ2n) is 5.55. The average Bonchev–Trinajstić information content (AvgIpc) is 2.58. The Kier molecular flexibility index (Phi) is 6.75. The van der Waals surface area contributed by atoms with Crippen molar-refractivity contribution < 1.29 is 22.7 Å². The molecule has 0 aliphatic heterocycles. The first kappa shape index (κ1) is 21.5. The predicted octanol–water partition coefficient (Wildman–Crippen LogP) is 4.23. The number of halogens is 3. The van der Waals surface area contributed by atoms with Crippen LogP contribution in [-0.4, -0.2) is 32.7 Å². The quantitative estimate of drug-likeness (QED) is 0.688. The van der Waals surface area contributed by atoms with Crippen molar-refractivity contribution >= 4 is 62.2 Å². The zero-order valence-corrected chi connectivity index (χ0v) is 17.2. The SMILES string of the molecule is CC(OC(=O)c1cc(S(C)(=O)=O)ccc1Cl)C(=O)Nc1cccc(Cl)c1Cl. The Morgan fingerprint density at radius 2 is 1.74 bits per heavy atom. The van der Waals surface area contributed by atoms with Gasteiger partial charge in [0.15, 0.2) is 15.9 Å². The Balaban J connectivity index is 2.15. The minimum absolute atomic E-state index is 0.00195. The number of rotatable bonds is 5. The van der Waals surface area contributed by atoms with Crippen molar-refractivity contribution in [3.63, 3.8) is 0 Å². The highest BCUT2D eigenvalue weighted by Crippen LogP contribution is 2.29. The van der Waals surface area contributed by atoms with Crippen molar-refractivity contribution in [2.45, 2.75) is 17.9 Å². The van der Waals surface area contributed by atoms with Gasteiger partial charge in [0.1, 0.15) is 0 Å². The standard InChI is InChI=1S/C17H14Cl3NO5S/c1-9(16(22)21-14-5-3-4-13(19)15(14)20)26-17(23)11-8-10(27(2,24)25)6-7-12(11)18/h3-9H,1-2H3,(H,21,22). The number of anilines is 1. The molecule has 0 aliphatic rings. The van der Waals surface area contributed by atoms with Gasteiger partial charge in [0, 0.05) is 6.26 Å². The first-order valence-electron chi connectivity index (χ1n) is 7.46. The van der Waals surface area contributed by atoms with Crippen LogP contribution in [0.2, 0.25) is 15.1 Å². The molecule has 6 nitrogen and oxygen atoms in total. The third kappa shape index (κ3) is 5.35. The molecule has 1 N–H and O–H groups in total. The van der Waals surface area contributed by atoms with Gasteiger partial charge in [-0.15, -0.1) is 0 Å². The molecule has 0 aromatic heterocycles. The Labute approximate surface area is 171 Å². The van der Waals surface area contributed by atoms with Crippen LogP contribution in [-0.2, 0) is 19.4 Å².